The highest BCUT2D eigenvalue weighted by molar-refractivity contribution is 5.95. The Labute approximate surface area is 137 Å². The molecule has 1 unspecified atom stereocenters. The van der Waals surface area contributed by atoms with E-state index in [0.717, 1.165) is 24.3 Å². The highest BCUT2D eigenvalue weighted by Crippen LogP contribution is 2.34. The number of amides is 1. The zero-order valence-corrected chi connectivity index (χ0v) is 13.8. The van der Waals surface area contributed by atoms with Crippen LogP contribution in [0.1, 0.15) is 30.9 Å². The number of nitrogens with zero attached hydrogens (tertiary/aromatic N) is 1. The average molecular weight is 309 g/mol. The van der Waals surface area contributed by atoms with Crippen LogP contribution in [0, 0.1) is 6.92 Å². The van der Waals surface area contributed by atoms with Crippen molar-refractivity contribution in [1.82, 2.24) is 0 Å². The molecule has 3 rings (SSSR count). The molecule has 1 aliphatic heterocycles. The molecule has 0 fully saturated rings. The van der Waals surface area contributed by atoms with Gasteiger partial charge in [-0.1, -0.05) is 48.9 Å². The van der Waals surface area contributed by atoms with E-state index in [1.807, 2.05) is 29.2 Å². The predicted octanol–water partition coefficient (Wildman–Crippen LogP) is 4.13. The fourth-order valence-corrected chi connectivity index (χ4v) is 2.89. The summed E-state index contributed by atoms with van der Waals surface area (Å²) in [6.07, 6.45) is 2.27. The van der Waals surface area contributed by atoms with Crippen molar-refractivity contribution in [2.45, 2.75) is 39.2 Å². The molecule has 0 N–H and O–H groups in total. The van der Waals surface area contributed by atoms with E-state index in [1.165, 1.54) is 11.1 Å². The van der Waals surface area contributed by atoms with Crippen molar-refractivity contribution in [3.05, 3.63) is 59.7 Å². The first-order valence-electron chi connectivity index (χ1n) is 8.29. The van der Waals surface area contributed by atoms with Crippen LogP contribution in [0.25, 0.3) is 0 Å². The normalized spacial score (nSPS) is 16.6. The van der Waals surface area contributed by atoms with Gasteiger partial charge >= 0.3 is 0 Å². The Morgan fingerprint density at radius 3 is 2.65 bits per heavy atom. The summed E-state index contributed by atoms with van der Waals surface area (Å²) in [5, 5.41) is 0. The maximum Gasteiger partial charge on any atom is 0.227 e. The van der Waals surface area contributed by atoms with Gasteiger partial charge in [0, 0.05) is 6.42 Å². The summed E-state index contributed by atoms with van der Waals surface area (Å²) in [6.45, 7) is 4.80. The predicted molar refractivity (Wildman–Crippen MR) is 93.0 cm³/mol. The minimum atomic E-state index is 0.0771. The maximum absolute atomic E-state index is 12.7. The fraction of sp³-hybridized carbons (Fsp3) is 0.350. The third-order valence-electron chi connectivity index (χ3n) is 4.34. The molecular formula is C20H23NO2. The van der Waals surface area contributed by atoms with Crippen molar-refractivity contribution in [1.29, 1.82) is 0 Å². The number of carbonyl (C=O) groups is 1. The van der Waals surface area contributed by atoms with Gasteiger partial charge in [0.05, 0.1) is 12.2 Å². The topological polar surface area (TPSA) is 29.5 Å². The van der Waals surface area contributed by atoms with Gasteiger partial charge in [-0.05, 0) is 37.5 Å². The molecule has 0 aromatic heterocycles. The number of para-hydroxylation sites is 2. The number of fused-ring (bicyclic) bond motifs is 1. The number of benzene rings is 2. The van der Waals surface area contributed by atoms with Crippen LogP contribution in [0.4, 0.5) is 5.69 Å². The summed E-state index contributed by atoms with van der Waals surface area (Å²) in [7, 11) is 0. The fourth-order valence-electron chi connectivity index (χ4n) is 2.89. The van der Waals surface area contributed by atoms with Gasteiger partial charge in [0.25, 0.3) is 0 Å². The summed E-state index contributed by atoms with van der Waals surface area (Å²) in [4.78, 5) is 14.6. The number of aryl methyl sites for hydroxylation is 2. The summed E-state index contributed by atoms with van der Waals surface area (Å²) in [5.74, 6) is 0.981. The van der Waals surface area contributed by atoms with Crippen LogP contribution in [0.2, 0.25) is 0 Å². The van der Waals surface area contributed by atoms with E-state index < -0.39 is 0 Å². The molecule has 1 heterocycles. The smallest absolute Gasteiger partial charge is 0.227 e. The van der Waals surface area contributed by atoms with Crippen LogP contribution in [0.3, 0.4) is 0 Å². The highest BCUT2D eigenvalue weighted by atomic mass is 16.5. The Morgan fingerprint density at radius 1 is 1.17 bits per heavy atom. The summed E-state index contributed by atoms with van der Waals surface area (Å²) < 4.78 is 5.94. The van der Waals surface area contributed by atoms with Crippen LogP contribution < -0.4 is 9.64 Å². The molecule has 1 atom stereocenters. The van der Waals surface area contributed by atoms with Crippen molar-refractivity contribution in [3.8, 4) is 5.75 Å². The van der Waals surface area contributed by atoms with Gasteiger partial charge in [0.1, 0.15) is 11.9 Å². The monoisotopic (exact) mass is 309 g/mol. The first-order chi connectivity index (χ1) is 11.2. The molecule has 0 saturated heterocycles. The summed E-state index contributed by atoms with van der Waals surface area (Å²) in [5.41, 5.74) is 3.34. The number of ether oxygens (including phenoxy) is 1. The largest absolute Gasteiger partial charge is 0.486 e. The lowest BCUT2D eigenvalue weighted by Gasteiger charge is -2.34. The number of carbonyl (C=O) groups excluding carboxylic acids is 1. The van der Waals surface area contributed by atoms with Crippen molar-refractivity contribution >= 4 is 11.6 Å². The molecule has 1 aliphatic rings. The van der Waals surface area contributed by atoms with E-state index >= 15 is 0 Å². The zero-order valence-electron chi connectivity index (χ0n) is 13.8. The maximum atomic E-state index is 12.7. The van der Waals surface area contributed by atoms with Crippen LogP contribution in [-0.2, 0) is 11.2 Å². The SMILES string of the molecule is CCC1CN(C(=O)CCc2ccc(C)cc2)c2ccccc2O1. The van der Waals surface area contributed by atoms with Gasteiger partial charge in [-0.3, -0.25) is 4.79 Å². The van der Waals surface area contributed by atoms with Crippen LogP contribution in [0.15, 0.2) is 48.5 Å². The van der Waals surface area contributed by atoms with E-state index in [2.05, 4.69) is 38.1 Å². The first kappa shape index (κ1) is 15.6. The number of hydrogen-bond donors (Lipinski definition) is 0. The molecule has 120 valence electrons. The molecule has 2 aromatic rings. The van der Waals surface area contributed by atoms with E-state index in [-0.39, 0.29) is 12.0 Å². The highest BCUT2D eigenvalue weighted by Gasteiger charge is 2.28. The molecule has 2 aromatic carbocycles. The van der Waals surface area contributed by atoms with E-state index in [1.54, 1.807) is 0 Å². The average Bonchev–Trinajstić information content (AvgIpc) is 2.60. The molecule has 3 heteroatoms. The minimum Gasteiger partial charge on any atom is -0.486 e. The Kier molecular flexibility index (Phi) is 4.65. The molecule has 0 bridgehead atoms. The van der Waals surface area contributed by atoms with Crippen molar-refractivity contribution in [2.24, 2.45) is 0 Å². The molecule has 0 radical (unpaired) electrons. The minimum absolute atomic E-state index is 0.0771. The molecular weight excluding hydrogens is 286 g/mol. The molecule has 1 amide bonds. The third-order valence-corrected chi connectivity index (χ3v) is 4.34. The van der Waals surface area contributed by atoms with Crippen LogP contribution >= 0.6 is 0 Å². The number of anilines is 1. The van der Waals surface area contributed by atoms with Gasteiger partial charge in [-0.15, -0.1) is 0 Å². The molecule has 0 saturated carbocycles. The Bertz CT molecular complexity index is 678. The molecule has 0 spiro atoms. The van der Waals surface area contributed by atoms with E-state index in [4.69, 9.17) is 4.74 Å². The van der Waals surface area contributed by atoms with Gasteiger partial charge in [-0.2, -0.15) is 0 Å². The third kappa shape index (κ3) is 3.55. The second-order valence-corrected chi connectivity index (χ2v) is 6.11. The Morgan fingerprint density at radius 2 is 1.91 bits per heavy atom. The van der Waals surface area contributed by atoms with Gasteiger partial charge in [0.2, 0.25) is 5.91 Å². The van der Waals surface area contributed by atoms with E-state index in [0.29, 0.717) is 13.0 Å². The van der Waals surface area contributed by atoms with Crippen molar-refractivity contribution in [3.63, 3.8) is 0 Å². The van der Waals surface area contributed by atoms with Crippen molar-refractivity contribution < 1.29 is 9.53 Å². The molecule has 0 aliphatic carbocycles. The molecule has 3 nitrogen and oxygen atoms in total. The quantitative estimate of drug-likeness (QED) is 0.850. The second-order valence-electron chi connectivity index (χ2n) is 6.11. The van der Waals surface area contributed by atoms with Crippen LogP contribution in [-0.4, -0.2) is 18.6 Å². The lowest BCUT2D eigenvalue weighted by Crippen LogP contribution is -2.43. The van der Waals surface area contributed by atoms with E-state index in [9.17, 15) is 4.79 Å². The standard InChI is InChI=1S/C20H23NO2/c1-3-17-14-21(18-6-4-5-7-19(18)23-17)20(22)13-12-16-10-8-15(2)9-11-16/h4-11,17H,3,12-14H2,1-2H3. The van der Waals surface area contributed by atoms with Crippen molar-refractivity contribution in [2.75, 3.05) is 11.4 Å². The number of hydrogen-bond acceptors (Lipinski definition) is 2. The molecule has 23 heavy (non-hydrogen) atoms. The van der Waals surface area contributed by atoms with Crippen LogP contribution in [0.5, 0.6) is 5.75 Å². The lowest BCUT2D eigenvalue weighted by atomic mass is 10.1. The Balaban J connectivity index is 1.72. The second kappa shape index (κ2) is 6.86. The summed E-state index contributed by atoms with van der Waals surface area (Å²) >= 11 is 0. The number of rotatable bonds is 4. The first-order valence-corrected chi connectivity index (χ1v) is 8.29. The van der Waals surface area contributed by atoms with Gasteiger partial charge in [-0.25, -0.2) is 0 Å². The van der Waals surface area contributed by atoms with Gasteiger partial charge < -0.3 is 9.64 Å². The Hall–Kier alpha value is -2.29. The zero-order chi connectivity index (χ0) is 16.2. The lowest BCUT2D eigenvalue weighted by molar-refractivity contribution is -0.119. The summed E-state index contributed by atoms with van der Waals surface area (Å²) in [6, 6.07) is 16.2. The van der Waals surface area contributed by atoms with Gasteiger partial charge in [0.15, 0.2) is 0 Å².